The average molecular weight is 221 g/mol. The van der Waals surface area contributed by atoms with Crippen molar-refractivity contribution in [1.82, 2.24) is 5.32 Å². The Morgan fingerprint density at radius 1 is 1.31 bits per heavy atom. The van der Waals surface area contributed by atoms with Crippen LogP contribution in [0, 0.1) is 5.41 Å². The number of rotatable bonds is 4. The van der Waals surface area contributed by atoms with Gasteiger partial charge < -0.3 is 10.1 Å². The van der Waals surface area contributed by atoms with E-state index in [4.69, 9.17) is 4.74 Å². The van der Waals surface area contributed by atoms with Gasteiger partial charge in [0.2, 0.25) is 0 Å². The van der Waals surface area contributed by atoms with E-state index in [0.29, 0.717) is 11.5 Å². The fourth-order valence-corrected chi connectivity index (χ4v) is 1.49. The van der Waals surface area contributed by atoms with Gasteiger partial charge in [0.1, 0.15) is 5.75 Å². The van der Waals surface area contributed by atoms with Gasteiger partial charge in [-0.1, -0.05) is 32.9 Å². The summed E-state index contributed by atoms with van der Waals surface area (Å²) in [6.45, 7) is 9.89. The first-order chi connectivity index (χ1) is 7.42. The van der Waals surface area contributed by atoms with Crippen molar-refractivity contribution < 1.29 is 4.74 Å². The van der Waals surface area contributed by atoms with E-state index in [9.17, 15) is 0 Å². The summed E-state index contributed by atoms with van der Waals surface area (Å²) in [5.74, 6) is 0.918. The molecule has 2 heteroatoms. The Kier molecular flexibility index (Phi) is 4.36. The predicted molar refractivity (Wildman–Crippen MR) is 68.9 cm³/mol. The zero-order valence-corrected chi connectivity index (χ0v) is 11.0. The van der Waals surface area contributed by atoms with Gasteiger partial charge in [0.15, 0.2) is 0 Å². The third-order valence-electron chi connectivity index (χ3n) is 2.53. The molecule has 1 rings (SSSR count). The SMILES string of the molecule is COc1cccc([C@H](C)NCC(C)(C)C)c1. The van der Waals surface area contributed by atoms with Gasteiger partial charge in [-0.25, -0.2) is 0 Å². The van der Waals surface area contributed by atoms with Gasteiger partial charge in [-0.3, -0.25) is 0 Å². The number of benzene rings is 1. The van der Waals surface area contributed by atoms with Gasteiger partial charge in [-0.2, -0.15) is 0 Å². The number of methoxy groups -OCH3 is 1. The van der Waals surface area contributed by atoms with Crippen LogP contribution in [-0.4, -0.2) is 13.7 Å². The van der Waals surface area contributed by atoms with E-state index in [1.165, 1.54) is 5.56 Å². The number of hydrogen-bond donors (Lipinski definition) is 1. The molecule has 1 N–H and O–H groups in total. The molecule has 16 heavy (non-hydrogen) atoms. The summed E-state index contributed by atoms with van der Waals surface area (Å²) < 4.78 is 5.22. The molecule has 1 aromatic carbocycles. The molecule has 0 heterocycles. The Bertz CT molecular complexity index is 328. The lowest BCUT2D eigenvalue weighted by atomic mass is 9.96. The van der Waals surface area contributed by atoms with Gasteiger partial charge in [0.05, 0.1) is 7.11 Å². The molecule has 1 aromatic rings. The van der Waals surface area contributed by atoms with Crippen LogP contribution in [0.4, 0.5) is 0 Å². The average Bonchev–Trinajstić information content (AvgIpc) is 2.25. The largest absolute Gasteiger partial charge is 0.497 e. The highest BCUT2D eigenvalue weighted by molar-refractivity contribution is 5.30. The van der Waals surface area contributed by atoms with E-state index in [2.05, 4.69) is 45.1 Å². The van der Waals surface area contributed by atoms with Gasteiger partial charge in [-0.05, 0) is 30.0 Å². The van der Waals surface area contributed by atoms with Crippen LogP contribution in [0.5, 0.6) is 5.75 Å². The molecule has 0 unspecified atom stereocenters. The smallest absolute Gasteiger partial charge is 0.119 e. The second-order valence-electron chi connectivity index (χ2n) is 5.44. The highest BCUT2D eigenvalue weighted by Crippen LogP contribution is 2.20. The highest BCUT2D eigenvalue weighted by Gasteiger charge is 2.12. The molecular formula is C14H23NO. The number of nitrogens with one attached hydrogen (secondary N) is 1. The Hall–Kier alpha value is -1.02. The highest BCUT2D eigenvalue weighted by atomic mass is 16.5. The first kappa shape index (κ1) is 13.0. The summed E-state index contributed by atoms with van der Waals surface area (Å²) in [7, 11) is 1.70. The summed E-state index contributed by atoms with van der Waals surface area (Å²) in [4.78, 5) is 0. The first-order valence-electron chi connectivity index (χ1n) is 5.80. The maximum atomic E-state index is 5.22. The van der Waals surface area contributed by atoms with Crippen LogP contribution in [0.1, 0.15) is 39.3 Å². The van der Waals surface area contributed by atoms with Gasteiger partial charge in [0.25, 0.3) is 0 Å². The summed E-state index contributed by atoms with van der Waals surface area (Å²) >= 11 is 0. The minimum absolute atomic E-state index is 0.313. The van der Waals surface area contributed by atoms with Gasteiger partial charge >= 0.3 is 0 Å². The summed E-state index contributed by atoms with van der Waals surface area (Å²) in [6, 6.07) is 8.57. The van der Waals surface area contributed by atoms with Crippen LogP contribution < -0.4 is 10.1 Å². The minimum Gasteiger partial charge on any atom is -0.497 e. The van der Waals surface area contributed by atoms with E-state index >= 15 is 0 Å². The standard InChI is InChI=1S/C14H23NO/c1-11(15-10-14(2,3)4)12-7-6-8-13(9-12)16-5/h6-9,11,15H,10H2,1-5H3/t11-/m0/s1. The zero-order valence-electron chi connectivity index (χ0n) is 11.0. The van der Waals surface area contributed by atoms with Gasteiger partial charge in [-0.15, -0.1) is 0 Å². The molecule has 2 nitrogen and oxygen atoms in total. The second kappa shape index (κ2) is 5.35. The molecule has 0 aliphatic carbocycles. The second-order valence-corrected chi connectivity index (χ2v) is 5.44. The third kappa shape index (κ3) is 4.23. The van der Waals surface area contributed by atoms with Crippen molar-refractivity contribution in [2.75, 3.05) is 13.7 Å². The normalized spacial score (nSPS) is 13.6. The van der Waals surface area contributed by atoms with E-state index in [-0.39, 0.29) is 0 Å². The van der Waals surface area contributed by atoms with E-state index in [1.54, 1.807) is 7.11 Å². The third-order valence-corrected chi connectivity index (χ3v) is 2.53. The molecule has 0 saturated carbocycles. The lowest BCUT2D eigenvalue weighted by Gasteiger charge is -2.23. The molecule has 0 bridgehead atoms. The van der Waals surface area contributed by atoms with Gasteiger partial charge in [0, 0.05) is 12.6 Å². The van der Waals surface area contributed by atoms with Crippen molar-refractivity contribution in [2.24, 2.45) is 5.41 Å². The summed E-state index contributed by atoms with van der Waals surface area (Å²) in [5.41, 5.74) is 1.58. The molecule has 0 radical (unpaired) electrons. The van der Waals surface area contributed by atoms with Crippen molar-refractivity contribution in [3.63, 3.8) is 0 Å². The maximum Gasteiger partial charge on any atom is 0.119 e. The van der Waals surface area contributed by atoms with Crippen LogP contribution in [-0.2, 0) is 0 Å². The number of hydrogen-bond acceptors (Lipinski definition) is 2. The lowest BCUT2D eigenvalue weighted by molar-refractivity contribution is 0.359. The van der Waals surface area contributed by atoms with Crippen LogP contribution in [0.2, 0.25) is 0 Å². The summed E-state index contributed by atoms with van der Waals surface area (Å²) in [5, 5.41) is 3.53. The first-order valence-corrected chi connectivity index (χ1v) is 5.80. The maximum absolute atomic E-state index is 5.22. The molecule has 0 spiro atoms. The van der Waals surface area contributed by atoms with Crippen LogP contribution >= 0.6 is 0 Å². The van der Waals surface area contributed by atoms with E-state index < -0.39 is 0 Å². The van der Waals surface area contributed by atoms with Crippen molar-refractivity contribution in [1.29, 1.82) is 0 Å². The molecular weight excluding hydrogens is 198 g/mol. The van der Waals surface area contributed by atoms with Crippen molar-refractivity contribution in [2.45, 2.75) is 33.7 Å². The molecule has 0 fully saturated rings. The fourth-order valence-electron chi connectivity index (χ4n) is 1.49. The molecule has 0 saturated heterocycles. The Labute approximate surface area is 99.0 Å². The Morgan fingerprint density at radius 3 is 2.56 bits per heavy atom. The van der Waals surface area contributed by atoms with Crippen molar-refractivity contribution >= 4 is 0 Å². The van der Waals surface area contributed by atoms with E-state index in [1.807, 2.05) is 12.1 Å². The lowest BCUT2D eigenvalue weighted by Crippen LogP contribution is -2.29. The predicted octanol–water partition coefficient (Wildman–Crippen LogP) is 3.39. The molecule has 0 aromatic heterocycles. The molecule has 0 amide bonds. The molecule has 1 atom stereocenters. The van der Waals surface area contributed by atoms with Crippen LogP contribution in [0.25, 0.3) is 0 Å². The molecule has 0 aliphatic rings. The Balaban J connectivity index is 2.62. The quantitative estimate of drug-likeness (QED) is 0.841. The van der Waals surface area contributed by atoms with Crippen molar-refractivity contribution in [3.8, 4) is 5.75 Å². The van der Waals surface area contributed by atoms with Crippen molar-refractivity contribution in [3.05, 3.63) is 29.8 Å². The minimum atomic E-state index is 0.313. The Morgan fingerprint density at radius 2 is 2.00 bits per heavy atom. The van der Waals surface area contributed by atoms with Crippen LogP contribution in [0.3, 0.4) is 0 Å². The van der Waals surface area contributed by atoms with E-state index in [0.717, 1.165) is 12.3 Å². The topological polar surface area (TPSA) is 21.3 Å². The summed E-state index contributed by atoms with van der Waals surface area (Å²) in [6.07, 6.45) is 0. The number of ether oxygens (including phenoxy) is 1. The fraction of sp³-hybridized carbons (Fsp3) is 0.571. The monoisotopic (exact) mass is 221 g/mol. The zero-order chi connectivity index (χ0) is 12.2. The molecule has 90 valence electrons. The van der Waals surface area contributed by atoms with Crippen LogP contribution in [0.15, 0.2) is 24.3 Å². The molecule has 0 aliphatic heterocycles.